The normalized spacial score (nSPS) is 15.9. The Balaban J connectivity index is 1.70. The number of halogens is 2. The highest BCUT2D eigenvalue weighted by atomic mass is 79.9. The van der Waals surface area contributed by atoms with Crippen LogP contribution >= 0.6 is 15.9 Å². The van der Waals surface area contributed by atoms with Crippen LogP contribution in [-0.4, -0.2) is 25.2 Å². The largest absolute Gasteiger partial charge is 0.332 e. The second-order valence-electron chi connectivity index (χ2n) is 8.25. The molecular weight excluding hydrogens is 477 g/mol. The van der Waals surface area contributed by atoms with Gasteiger partial charge in [0.25, 0.3) is 5.56 Å². The molecule has 4 aromatic rings. The number of aromatic nitrogens is 4. The Kier molecular flexibility index (Phi) is 5.00. The van der Waals surface area contributed by atoms with E-state index in [-0.39, 0.29) is 18.3 Å². The van der Waals surface area contributed by atoms with Gasteiger partial charge in [-0.3, -0.25) is 13.9 Å². The fourth-order valence-corrected chi connectivity index (χ4v) is 4.52. The van der Waals surface area contributed by atoms with E-state index in [9.17, 15) is 14.0 Å². The SMILES string of the molecule is C[C@@H]1CN(c2ccc(Br)cc2)c2nc3c(c(=O)n(Cc4ccc(F)cc4)c(=O)n3C)n2C1. The smallest absolute Gasteiger partial charge is 0.312 e. The minimum Gasteiger partial charge on any atom is -0.312 e. The first kappa shape index (κ1) is 20.7. The number of anilines is 2. The Bertz CT molecular complexity index is 1440. The molecule has 1 aliphatic heterocycles. The summed E-state index contributed by atoms with van der Waals surface area (Å²) in [4.78, 5) is 33.3. The summed E-state index contributed by atoms with van der Waals surface area (Å²) in [5, 5.41) is 0. The third-order valence-electron chi connectivity index (χ3n) is 5.83. The highest BCUT2D eigenvalue weighted by Crippen LogP contribution is 2.33. The predicted octanol–water partition coefficient (Wildman–Crippen LogP) is 3.63. The van der Waals surface area contributed by atoms with Gasteiger partial charge < -0.3 is 9.47 Å². The zero-order valence-corrected chi connectivity index (χ0v) is 19.2. The Labute approximate surface area is 191 Å². The predicted molar refractivity (Wildman–Crippen MR) is 125 cm³/mol. The number of aryl methyl sites for hydroxylation is 1. The molecule has 0 radical (unpaired) electrons. The van der Waals surface area contributed by atoms with Crippen LogP contribution in [0.5, 0.6) is 0 Å². The third kappa shape index (κ3) is 3.37. The molecule has 2 aromatic heterocycles. The van der Waals surface area contributed by atoms with Crippen LogP contribution in [-0.2, 0) is 20.1 Å². The van der Waals surface area contributed by atoms with Crippen molar-refractivity contribution in [2.75, 3.05) is 11.4 Å². The van der Waals surface area contributed by atoms with Crippen LogP contribution in [0.4, 0.5) is 16.0 Å². The molecule has 3 heterocycles. The number of fused-ring (bicyclic) bond motifs is 3. The highest BCUT2D eigenvalue weighted by Gasteiger charge is 2.29. The lowest BCUT2D eigenvalue weighted by Gasteiger charge is -2.33. The first-order valence-electron chi connectivity index (χ1n) is 10.3. The summed E-state index contributed by atoms with van der Waals surface area (Å²) in [6.45, 7) is 3.57. The van der Waals surface area contributed by atoms with Crippen LogP contribution in [0, 0.1) is 11.7 Å². The molecule has 1 atom stereocenters. The van der Waals surface area contributed by atoms with E-state index in [4.69, 9.17) is 4.98 Å². The van der Waals surface area contributed by atoms with Gasteiger partial charge in [-0.25, -0.2) is 9.18 Å². The summed E-state index contributed by atoms with van der Waals surface area (Å²) in [6.07, 6.45) is 0. The van der Waals surface area contributed by atoms with Crippen molar-refractivity contribution in [3.8, 4) is 0 Å². The van der Waals surface area contributed by atoms with E-state index in [2.05, 4.69) is 27.8 Å². The molecule has 0 saturated heterocycles. The number of rotatable bonds is 3. The lowest BCUT2D eigenvalue weighted by atomic mass is 10.1. The van der Waals surface area contributed by atoms with Crippen molar-refractivity contribution in [1.82, 2.24) is 18.7 Å². The fraction of sp³-hybridized carbons (Fsp3) is 0.261. The monoisotopic (exact) mass is 497 g/mol. The summed E-state index contributed by atoms with van der Waals surface area (Å²) in [6, 6.07) is 13.7. The average Bonchev–Trinajstić information content (AvgIpc) is 3.16. The molecule has 0 fully saturated rings. The van der Waals surface area contributed by atoms with Crippen LogP contribution in [0.25, 0.3) is 11.2 Å². The number of hydrogen-bond acceptors (Lipinski definition) is 4. The lowest BCUT2D eigenvalue weighted by molar-refractivity contribution is 0.458. The van der Waals surface area contributed by atoms with Crippen LogP contribution in [0.2, 0.25) is 0 Å². The second-order valence-corrected chi connectivity index (χ2v) is 9.16. The van der Waals surface area contributed by atoms with Crippen molar-refractivity contribution in [3.05, 3.63) is 85.2 Å². The van der Waals surface area contributed by atoms with Crippen molar-refractivity contribution in [1.29, 1.82) is 0 Å². The molecule has 0 bridgehead atoms. The van der Waals surface area contributed by atoms with Crippen LogP contribution in [0.15, 0.2) is 62.6 Å². The molecule has 0 spiro atoms. The summed E-state index contributed by atoms with van der Waals surface area (Å²) < 4.78 is 18.8. The number of nitrogens with zero attached hydrogens (tertiary/aromatic N) is 5. The van der Waals surface area contributed by atoms with Gasteiger partial charge in [0.05, 0.1) is 6.54 Å². The Morgan fingerprint density at radius 2 is 1.75 bits per heavy atom. The standard InChI is InChI=1S/C23H21BrFN5O2/c1-14-11-28(18-9-5-16(24)6-10-18)22-26-20-19(29(22)12-14)21(31)30(23(32)27(20)2)13-15-3-7-17(25)8-4-15/h3-10,14H,11-13H2,1-2H3/t14-/m1/s1. The molecular formula is C23H21BrFN5O2. The van der Waals surface area contributed by atoms with Crippen molar-refractivity contribution in [2.24, 2.45) is 13.0 Å². The third-order valence-corrected chi connectivity index (χ3v) is 6.36. The minimum absolute atomic E-state index is 0.0637. The molecule has 0 amide bonds. The molecule has 0 saturated carbocycles. The number of benzene rings is 2. The van der Waals surface area contributed by atoms with Crippen LogP contribution < -0.4 is 16.1 Å². The Morgan fingerprint density at radius 1 is 1.06 bits per heavy atom. The molecule has 0 unspecified atom stereocenters. The second kappa shape index (κ2) is 7.74. The summed E-state index contributed by atoms with van der Waals surface area (Å²) in [5.74, 6) is 0.550. The van der Waals surface area contributed by atoms with Gasteiger partial charge in [0.15, 0.2) is 11.2 Å². The molecule has 2 aromatic carbocycles. The molecule has 9 heteroatoms. The summed E-state index contributed by atoms with van der Waals surface area (Å²) >= 11 is 3.46. The van der Waals surface area contributed by atoms with E-state index in [0.717, 1.165) is 16.7 Å². The lowest BCUT2D eigenvalue weighted by Crippen LogP contribution is -2.40. The van der Waals surface area contributed by atoms with E-state index >= 15 is 0 Å². The van der Waals surface area contributed by atoms with Crippen molar-refractivity contribution in [2.45, 2.75) is 20.0 Å². The van der Waals surface area contributed by atoms with Crippen LogP contribution in [0.1, 0.15) is 12.5 Å². The van der Waals surface area contributed by atoms with E-state index in [0.29, 0.717) is 29.2 Å². The molecule has 32 heavy (non-hydrogen) atoms. The van der Waals surface area contributed by atoms with E-state index in [1.165, 1.54) is 21.3 Å². The van der Waals surface area contributed by atoms with Crippen molar-refractivity contribution >= 4 is 38.7 Å². The zero-order valence-electron chi connectivity index (χ0n) is 17.6. The van der Waals surface area contributed by atoms with Gasteiger partial charge in [0, 0.05) is 30.3 Å². The van der Waals surface area contributed by atoms with Gasteiger partial charge in [-0.1, -0.05) is 35.0 Å². The van der Waals surface area contributed by atoms with Crippen LogP contribution in [0.3, 0.4) is 0 Å². The van der Waals surface area contributed by atoms with Gasteiger partial charge in [-0.15, -0.1) is 0 Å². The molecule has 5 rings (SSSR count). The van der Waals surface area contributed by atoms with E-state index < -0.39 is 11.2 Å². The first-order valence-corrected chi connectivity index (χ1v) is 11.1. The molecule has 0 N–H and O–H groups in total. The maximum absolute atomic E-state index is 13.5. The minimum atomic E-state index is -0.453. The van der Waals surface area contributed by atoms with Gasteiger partial charge in [0.2, 0.25) is 5.95 Å². The molecule has 1 aliphatic rings. The maximum atomic E-state index is 13.5. The fourth-order valence-electron chi connectivity index (χ4n) is 4.26. The molecule has 7 nitrogen and oxygen atoms in total. The van der Waals surface area contributed by atoms with Crippen molar-refractivity contribution < 1.29 is 4.39 Å². The quantitative estimate of drug-likeness (QED) is 0.433. The number of hydrogen-bond donors (Lipinski definition) is 0. The summed E-state index contributed by atoms with van der Waals surface area (Å²) in [7, 11) is 1.62. The van der Waals surface area contributed by atoms with Gasteiger partial charge in [-0.2, -0.15) is 4.98 Å². The molecule has 0 aliphatic carbocycles. The van der Waals surface area contributed by atoms with E-state index in [1.54, 1.807) is 19.2 Å². The van der Waals surface area contributed by atoms with E-state index in [1.807, 2.05) is 28.8 Å². The highest BCUT2D eigenvalue weighted by molar-refractivity contribution is 9.10. The summed E-state index contributed by atoms with van der Waals surface area (Å²) in [5.41, 5.74) is 1.56. The Morgan fingerprint density at radius 3 is 2.44 bits per heavy atom. The van der Waals surface area contributed by atoms with Gasteiger partial charge in [-0.05, 0) is 47.9 Å². The average molecular weight is 498 g/mol. The van der Waals surface area contributed by atoms with Gasteiger partial charge in [0.1, 0.15) is 5.82 Å². The van der Waals surface area contributed by atoms with Gasteiger partial charge >= 0.3 is 5.69 Å². The number of imidazole rings is 1. The maximum Gasteiger partial charge on any atom is 0.332 e. The molecule has 164 valence electrons. The topological polar surface area (TPSA) is 65.1 Å². The first-order chi connectivity index (χ1) is 15.3. The Hall–Kier alpha value is -3.20. The van der Waals surface area contributed by atoms with Crippen molar-refractivity contribution in [3.63, 3.8) is 0 Å². The zero-order chi connectivity index (χ0) is 22.6.